The zero-order chi connectivity index (χ0) is 16.4. The van der Waals surface area contributed by atoms with Crippen molar-refractivity contribution in [1.82, 2.24) is 10.2 Å². The van der Waals surface area contributed by atoms with Crippen molar-refractivity contribution in [3.05, 3.63) is 18.2 Å². The number of nitrogens with zero attached hydrogens (tertiary/aromatic N) is 2. The van der Waals surface area contributed by atoms with Gasteiger partial charge in [0.15, 0.2) is 0 Å². The molecule has 7 heteroatoms. The third-order valence-corrected chi connectivity index (χ3v) is 4.78. The Balaban J connectivity index is 1.64. The number of carbonyl (C=O) groups is 1. The van der Waals surface area contributed by atoms with E-state index in [2.05, 4.69) is 15.7 Å². The van der Waals surface area contributed by atoms with E-state index in [9.17, 15) is 4.79 Å². The summed E-state index contributed by atoms with van der Waals surface area (Å²) in [6.07, 6.45) is 0. The number of methoxy groups -OCH3 is 1. The second kappa shape index (κ2) is 6.25. The predicted molar refractivity (Wildman–Crippen MR) is 88.2 cm³/mol. The molecule has 3 N–H and O–H groups in total. The van der Waals surface area contributed by atoms with Gasteiger partial charge in [0.05, 0.1) is 12.5 Å². The largest absolute Gasteiger partial charge is 0.494 e. The summed E-state index contributed by atoms with van der Waals surface area (Å²) < 4.78 is 5.27. The molecule has 0 aromatic heterocycles. The Labute approximate surface area is 136 Å². The summed E-state index contributed by atoms with van der Waals surface area (Å²) >= 11 is 0. The van der Waals surface area contributed by atoms with E-state index in [0.717, 1.165) is 45.0 Å². The molecule has 0 aliphatic carbocycles. The first-order valence-corrected chi connectivity index (χ1v) is 7.90. The summed E-state index contributed by atoms with van der Waals surface area (Å²) in [7, 11) is 1.57. The van der Waals surface area contributed by atoms with Crippen LogP contribution in [0.5, 0.6) is 5.75 Å². The fourth-order valence-electron chi connectivity index (χ4n) is 3.17. The molecular formula is C16H24N4O3. The first kappa shape index (κ1) is 15.9. The van der Waals surface area contributed by atoms with Crippen LogP contribution < -0.4 is 20.4 Å². The first-order valence-electron chi connectivity index (χ1n) is 7.90. The molecule has 2 saturated heterocycles. The minimum atomic E-state index is -0.222. The number of ether oxygens (including phenoxy) is 1. The van der Waals surface area contributed by atoms with Crippen LogP contribution in [0.25, 0.3) is 0 Å². The summed E-state index contributed by atoms with van der Waals surface area (Å²) in [6, 6.07) is 5.62. The standard InChI is InChI=1S/C16H24N4O3/c1-16(10-17-11-16)15(21)20-7-5-19(6-8-20)12-3-4-13(18-22)14(9-12)23-2/h3-4,9,17-18,22H,5-8,10-11H2,1-2H3. The van der Waals surface area contributed by atoms with Crippen molar-refractivity contribution in [3.8, 4) is 5.75 Å². The fourth-order valence-corrected chi connectivity index (χ4v) is 3.17. The Morgan fingerprint density at radius 3 is 2.52 bits per heavy atom. The molecule has 1 amide bonds. The number of rotatable bonds is 4. The van der Waals surface area contributed by atoms with Crippen LogP contribution in [0.3, 0.4) is 0 Å². The number of benzene rings is 1. The highest BCUT2D eigenvalue weighted by atomic mass is 16.5. The Hall–Kier alpha value is -1.99. The third kappa shape index (κ3) is 2.94. The maximum Gasteiger partial charge on any atom is 0.231 e. The van der Waals surface area contributed by atoms with Gasteiger partial charge in [-0.05, 0) is 19.1 Å². The van der Waals surface area contributed by atoms with E-state index in [-0.39, 0.29) is 11.3 Å². The van der Waals surface area contributed by atoms with Crippen molar-refractivity contribution in [3.63, 3.8) is 0 Å². The number of amides is 1. The fraction of sp³-hybridized carbons (Fsp3) is 0.562. The van der Waals surface area contributed by atoms with Crippen LogP contribution in [0.4, 0.5) is 11.4 Å². The Morgan fingerprint density at radius 2 is 2.00 bits per heavy atom. The normalized spacial score (nSPS) is 20.0. The average molecular weight is 320 g/mol. The quantitative estimate of drug-likeness (QED) is 0.711. The number of hydrogen-bond donors (Lipinski definition) is 3. The average Bonchev–Trinajstić information content (AvgIpc) is 2.58. The molecule has 0 radical (unpaired) electrons. The van der Waals surface area contributed by atoms with E-state index in [1.807, 2.05) is 24.0 Å². The van der Waals surface area contributed by atoms with Crippen molar-refractivity contribution in [1.29, 1.82) is 0 Å². The first-order chi connectivity index (χ1) is 11.1. The van der Waals surface area contributed by atoms with E-state index in [1.165, 1.54) is 0 Å². The maximum absolute atomic E-state index is 12.5. The van der Waals surface area contributed by atoms with Gasteiger partial charge in [-0.3, -0.25) is 15.5 Å². The molecule has 2 aliphatic heterocycles. The van der Waals surface area contributed by atoms with E-state index >= 15 is 0 Å². The van der Waals surface area contributed by atoms with Gasteiger partial charge in [-0.2, -0.15) is 0 Å². The number of hydrogen-bond acceptors (Lipinski definition) is 6. The molecule has 126 valence electrons. The van der Waals surface area contributed by atoms with Crippen molar-refractivity contribution in [2.24, 2.45) is 5.41 Å². The maximum atomic E-state index is 12.5. The monoisotopic (exact) mass is 320 g/mol. The molecule has 2 aliphatic rings. The van der Waals surface area contributed by atoms with Crippen LogP contribution in [0.2, 0.25) is 0 Å². The molecule has 1 aromatic carbocycles. The molecule has 3 rings (SSSR count). The topological polar surface area (TPSA) is 77.1 Å². The van der Waals surface area contributed by atoms with Gasteiger partial charge >= 0.3 is 0 Å². The summed E-state index contributed by atoms with van der Waals surface area (Å²) in [6.45, 7) is 6.64. The lowest BCUT2D eigenvalue weighted by molar-refractivity contribution is -0.144. The summed E-state index contributed by atoms with van der Waals surface area (Å²) in [4.78, 5) is 16.7. The molecule has 1 aromatic rings. The van der Waals surface area contributed by atoms with Gasteiger partial charge in [0.1, 0.15) is 11.4 Å². The lowest BCUT2D eigenvalue weighted by Gasteiger charge is -2.44. The molecule has 2 fully saturated rings. The molecule has 23 heavy (non-hydrogen) atoms. The van der Waals surface area contributed by atoms with Crippen LogP contribution in [-0.4, -0.2) is 62.4 Å². The summed E-state index contributed by atoms with van der Waals surface area (Å²) in [5, 5.41) is 12.2. The highest BCUT2D eigenvalue weighted by Crippen LogP contribution is 2.30. The van der Waals surface area contributed by atoms with E-state index in [0.29, 0.717) is 11.4 Å². The Bertz CT molecular complexity index is 581. The predicted octanol–water partition coefficient (Wildman–Crippen LogP) is 0.754. The van der Waals surface area contributed by atoms with Gasteiger partial charge in [0.2, 0.25) is 5.91 Å². The van der Waals surface area contributed by atoms with Gasteiger partial charge < -0.3 is 19.9 Å². The van der Waals surface area contributed by atoms with Crippen LogP contribution in [0, 0.1) is 5.41 Å². The number of anilines is 2. The smallest absolute Gasteiger partial charge is 0.231 e. The molecule has 0 saturated carbocycles. The van der Waals surface area contributed by atoms with Crippen molar-refractivity contribution in [2.75, 3.05) is 56.8 Å². The molecule has 0 unspecified atom stereocenters. The molecule has 0 bridgehead atoms. The second-order valence-electron chi connectivity index (χ2n) is 6.44. The van der Waals surface area contributed by atoms with E-state index < -0.39 is 0 Å². The zero-order valence-corrected chi connectivity index (χ0v) is 13.6. The number of piperazine rings is 1. The van der Waals surface area contributed by atoms with Gasteiger partial charge in [-0.25, -0.2) is 0 Å². The van der Waals surface area contributed by atoms with E-state index in [1.54, 1.807) is 13.2 Å². The van der Waals surface area contributed by atoms with Crippen molar-refractivity contribution >= 4 is 17.3 Å². The molecule has 7 nitrogen and oxygen atoms in total. The highest BCUT2D eigenvalue weighted by Gasteiger charge is 2.42. The molecular weight excluding hydrogens is 296 g/mol. The number of nitrogens with one attached hydrogen (secondary N) is 2. The molecule has 0 atom stereocenters. The summed E-state index contributed by atoms with van der Waals surface area (Å²) in [5.41, 5.74) is 3.47. The summed E-state index contributed by atoms with van der Waals surface area (Å²) in [5.74, 6) is 0.852. The van der Waals surface area contributed by atoms with Crippen molar-refractivity contribution in [2.45, 2.75) is 6.92 Å². The lowest BCUT2D eigenvalue weighted by atomic mass is 9.82. The second-order valence-corrected chi connectivity index (χ2v) is 6.44. The van der Waals surface area contributed by atoms with Gasteiger partial charge in [-0.15, -0.1) is 0 Å². The minimum Gasteiger partial charge on any atom is -0.494 e. The van der Waals surface area contributed by atoms with Crippen molar-refractivity contribution < 1.29 is 14.7 Å². The van der Waals surface area contributed by atoms with E-state index in [4.69, 9.17) is 9.94 Å². The molecule has 2 heterocycles. The number of carbonyl (C=O) groups excluding carboxylic acids is 1. The minimum absolute atomic E-state index is 0.222. The van der Waals surface area contributed by atoms with Gasteiger partial charge in [-0.1, -0.05) is 0 Å². The van der Waals surface area contributed by atoms with Gasteiger partial charge in [0, 0.05) is 51.0 Å². The molecule has 0 spiro atoms. The van der Waals surface area contributed by atoms with Crippen LogP contribution in [0.1, 0.15) is 6.92 Å². The zero-order valence-electron chi connectivity index (χ0n) is 13.6. The Kier molecular flexibility index (Phi) is 4.32. The van der Waals surface area contributed by atoms with Gasteiger partial charge in [0.25, 0.3) is 0 Å². The third-order valence-electron chi connectivity index (χ3n) is 4.78. The lowest BCUT2D eigenvalue weighted by Crippen LogP contribution is -2.62. The van der Waals surface area contributed by atoms with Crippen LogP contribution in [-0.2, 0) is 4.79 Å². The van der Waals surface area contributed by atoms with Crippen LogP contribution in [0.15, 0.2) is 18.2 Å². The Morgan fingerprint density at radius 1 is 1.30 bits per heavy atom. The van der Waals surface area contributed by atoms with Crippen LogP contribution >= 0.6 is 0 Å². The highest BCUT2D eigenvalue weighted by molar-refractivity contribution is 5.84. The SMILES string of the molecule is COc1cc(N2CCN(C(=O)C3(C)CNC3)CC2)ccc1NO.